The van der Waals surface area contributed by atoms with Gasteiger partial charge in [-0.2, -0.15) is 0 Å². The highest BCUT2D eigenvalue weighted by Gasteiger charge is 2.30. The third kappa shape index (κ3) is 3.64. The summed E-state index contributed by atoms with van der Waals surface area (Å²) >= 11 is 0. The molecule has 0 radical (unpaired) electrons. The highest BCUT2D eigenvalue weighted by molar-refractivity contribution is 5.84. The van der Waals surface area contributed by atoms with Crippen molar-refractivity contribution < 1.29 is 14.3 Å². The number of nitrogens with zero attached hydrogens (tertiary/aromatic N) is 1. The number of allylic oxidation sites excluding steroid dienone is 1. The van der Waals surface area contributed by atoms with Crippen molar-refractivity contribution in [2.75, 3.05) is 33.4 Å². The first kappa shape index (κ1) is 15.6. The summed E-state index contributed by atoms with van der Waals surface area (Å²) in [5.41, 5.74) is 1.000. The number of carbonyl (C=O) groups excluding carboxylic acids is 1. The van der Waals surface area contributed by atoms with E-state index in [4.69, 9.17) is 9.47 Å². The Hall–Kier alpha value is -1.81. The molecule has 0 aromatic heterocycles. The van der Waals surface area contributed by atoms with Crippen LogP contribution in [0, 0.1) is 5.92 Å². The maximum Gasteiger partial charge on any atom is 0.230 e. The molecule has 2 atom stereocenters. The van der Waals surface area contributed by atoms with Gasteiger partial charge in [-0.15, -0.1) is 6.58 Å². The van der Waals surface area contributed by atoms with Crippen LogP contribution in [0.4, 0.5) is 0 Å². The molecule has 21 heavy (non-hydrogen) atoms. The van der Waals surface area contributed by atoms with E-state index in [1.807, 2.05) is 42.2 Å². The van der Waals surface area contributed by atoms with Crippen LogP contribution in [-0.2, 0) is 9.53 Å². The monoisotopic (exact) mass is 289 g/mol. The van der Waals surface area contributed by atoms with E-state index >= 15 is 0 Å². The van der Waals surface area contributed by atoms with E-state index < -0.39 is 0 Å². The van der Waals surface area contributed by atoms with Crippen LogP contribution in [0.1, 0.15) is 18.4 Å². The van der Waals surface area contributed by atoms with Crippen molar-refractivity contribution in [3.63, 3.8) is 0 Å². The molecule has 4 nitrogen and oxygen atoms in total. The van der Waals surface area contributed by atoms with Crippen molar-refractivity contribution in [3.8, 4) is 5.75 Å². The van der Waals surface area contributed by atoms with Gasteiger partial charge >= 0.3 is 0 Å². The Labute approximate surface area is 126 Å². The van der Waals surface area contributed by atoms with Crippen LogP contribution in [0.3, 0.4) is 0 Å². The van der Waals surface area contributed by atoms with E-state index in [0.29, 0.717) is 26.3 Å². The quantitative estimate of drug-likeness (QED) is 0.782. The number of morpholine rings is 1. The van der Waals surface area contributed by atoms with Gasteiger partial charge in [-0.1, -0.05) is 25.1 Å². The summed E-state index contributed by atoms with van der Waals surface area (Å²) in [4.78, 5) is 14.7. The van der Waals surface area contributed by atoms with E-state index in [9.17, 15) is 4.79 Å². The molecule has 114 valence electrons. The van der Waals surface area contributed by atoms with Crippen LogP contribution in [0.15, 0.2) is 36.9 Å². The topological polar surface area (TPSA) is 38.8 Å². The Kier molecular flexibility index (Phi) is 5.39. The molecule has 1 aromatic carbocycles. The zero-order valence-electron chi connectivity index (χ0n) is 12.7. The molecule has 1 fully saturated rings. The second-order valence-electron chi connectivity index (χ2n) is 5.28. The lowest BCUT2D eigenvalue weighted by Gasteiger charge is -2.32. The second kappa shape index (κ2) is 7.27. The number of amides is 1. The predicted octanol–water partition coefficient (Wildman–Crippen LogP) is 2.46. The smallest absolute Gasteiger partial charge is 0.230 e. The van der Waals surface area contributed by atoms with Crippen molar-refractivity contribution in [1.29, 1.82) is 0 Å². The van der Waals surface area contributed by atoms with Gasteiger partial charge in [-0.3, -0.25) is 4.79 Å². The molecule has 0 aliphatic carbocycles. The summed E-state index contributed by atoms with van der Waals surface area (Å²) in [6.07, 6.45) is 1.84. The molecule has 1 heterocycles. The van der Waals surface area contributed by atoms with Gasteiger partial charge in [0.25, 0.3) is 0 Å². The average molecular weight is 289 g/mol. The first-order valence-electron chi connectivity index (χ1n) is 7.30. The molecule has 0 unspecified atom stereocenters. The van der Waals surface area contributed by atoms with Crippen LogP contribution in [0.2, 0.25) is 0 Å². The van der Waals surface area contributed by atoms with Crippen LogP contribution in [-0.4, -0.2) is 44.2 Å². The normalized spacial score (nSPS) is 17.9. The highest BCUT2D eigenvalue weighted by Crippen LogP contribution is 2.29. The van der Waals surface area contributed by atoms with Crippen LogP contribution in [0.5, 0.6) is 5.75 Å². The third-order valence-corrected chi connectivity index (χ3v) is 3.96. The van der Waals surface area contributed by atoms with Crippen molar-refractivity contribution in [2.45, 2.75) is 12.8 Å². The molecular weight excluding hydrogens is 266 g/mol. The fourth-order valence-corrected chi connectivity index (χ4v) is 2.60. The fraction of sp³-hybridized carbons (Fsp3) is 0.471. The summed E-state index contributed by atoms with van der Waals surface area (Å²) in [7, 11) is 1.64. The third-order valence-electron chi connectivity index (χ3n) is 3.96. The molecule has 1 amide bonds. The SMILES string of the molecule is C=C[C@H](C)[C@H](C(=O)N1CCOCC1)c1ccc(OC)cc1. The molecule has 0 bridgehead atoms. The van der Waals surface area contributed by atoms with E-state index in [1.165, 1.54) is 0 Å². The lowest BCUT2D eigenvalue weighted by atomic mass is 9.86. The minimum absolute atomic E-state index is 0.0775. The molecule has 1 saturated heterocycles. The molecule has 2 rings (SSSR count). The maximum atomic E-state index is 12.8. The van der Waals surface area contributed by atoms with E-state index in [1.54, 1.807) is 7.11 Å². The van der Waals surface area contributed by atoms with Crippen LogP contribution >= 0.6 is 0 Å². The summed E-state index contributed by atoms with van der Waals surface area (Å²) in [6, 6.07) is 7.71. The van der Waals surface area contributed by atoms with Gasteiger partial charge in [-0.05, 0) is 23.6 Å². The number of hydrogen-bond donors (Lipinski definition) is 0. The number of ether oxygens (including phenoxy) is 2. The molecule has 1 aliphatic rings. The Morgan fingerprint density at radius 1 is 1.33 bits per heavy atom. The van der Waals surface area contributed by atoms with E-state index in [0.717, 1.165) is 11.3 Å². The minimum Gasteiger partial charge on any atom is -0.497 e. The highest BCUT2D eigenvalue weighted by atomic mass is 16.5. The van der Waals surface area contributed by atoms with Gasteiger partial charge in [-0.25, -0.2) is 0 Å². The lowest BCUT2D eigenvalue weighted by molar-refractivity contribution is -0.137. The number of methoxy groups -OCH3 is 1. The summed E-state index contributed by atoms with van der Waals surface area (Å²) in [6.45, 7) is 8.43. The van der Waals surface area contributed by atoms with Gasteiger partial charge < -0.3 is 14.4 Å². The molecule has 0 N–H and O–H groups in total. The molecule has 0 spiro atoms. The lowest BCUT2D eigenvalue weighted by Crippen LogP contribution is -2.44. The van der Waals surface area contributed by atoms with Crippen molar-refractivity contribution >= 4 is 5.91 Å². The Morgan fingerprint density at radius 2 is 1.95 bits per heavy atom. The Balaban J connectivity index is 2.23. The van der Waals surface area contributed by atoms with Gasteiger partial charge in [0.15, 0.2) is 0 Å². The molecule has 1 aromatic rings. The van der Waals surface area contributed by atoms with Crippen LogP contribution in [0.25, 0.3) is 0 Å². The molecule has 0 saturated carbocycles. The van der Waals surface area contributed by atoms with E-state index in [2.05, 4.69) is 6.58 Å². The fourth-order valence-electron chi connectivity index (χ4n) is 2.60. The number of hydrogen-bond acceptors (Lipinski definition) is 3. The zero-order valence-corrected chi connectivity index (χ0v) is 12.7. The van der Waals surface area contributed by atoms with Crippen LogP contribution < -0.4 is 4.74 Å². The largest absolute Gasteiger partial charge is 0.497 e. The number of benzene rings is 1. The zero-order chi connectivity index (χ0) is 15.2. The summed E-state index contributed by atoms with van der Waals surface area (Å²) < 4.78 is 10.5. The number of rotatable bonds is 5. The summed E-state index contributed by atoms with van der Waals surface area (Å²) in [5, 5.41) is 0. The minimum atomic E-state index is -0.202. The Morgan fingerprint density at radius 3 is 2.48 bits per heavy atom. The molecule has 4 heteroatoms. The number of carbonyl (C=O) groups is 1. The predicted molar refractivity (Wildman–Crippen MR) is 82.5 cm³/mol. The Bertz CT molecular complexity index is 477. The molecule has 1 aliphatic heterocycles. The second-order valence-corrected chi connectivity index (χ2v) is 5.28. The van der Waals surface area contributed by atoms with Gasteiger partial charge in [0.1, 0.15) is 5.75 Å². The van der Waals surface area contributed by atoms with Crippen molar-refractivity contribution in [1.82, 2.24) is 4.90 Å². The van der Waals surface area contributed by atoms with Crippen molar-refractivity contribution in [3.05, 3.63) is 42.5 Å². The standard InChI is InChI=1S/C17H23NO3/c1-4-13(2)16(14-5-7-15(20-3)8-6-14)17(19)18-9-11-21-12-10-18/h4-8,13,16H,1,9-12H2,2-3H3/t13-,16-/m0/s1. The van der Waals surface area contributed by atoms with Gasteiger partial charge in [0, 0.05) is 13.1 Å². The summed E-state index contributed by atoms with van der Waals surface area (Å²) in [5.74, 6) is 0.818. The van der Waals surface area contributed by atoms with Gasteiger partial charge in [0.2, 0.25) is 5.91 Å². The van der Waals surface area contributed by atoms with Crippen molar-refractivity contribution in [2.24, 2.45) is 5.92 Å². The molecular formula is C17H23NO3. The average Bonchev–Trinajstić information content (AvgIpc) is 2.56. The van der Waals surface area contributed by atoms with E-state index in [-0.39, 0.29) is 17.7 Å². The maximum absolute atomic E-state index is 12.8. The first-order chi connectivity index (χ1) is 10.2. The first-order valence-corrected chi connectivity index (χ1v) is 7.30. The van der Waals surface area contributed by atoms with Gasteiger partial charge in [0.05, 0.1) is 26.2 Å².